The lowest BCUT2D eigenvalue weighted by Crippen LogP contribution is -2.38. The van der Waals surface area contributed by atoms with Crippen LogP contribution in [0.4, 0.5) is 0 Å². The van der Waals surface area contributed by atoms with Crippen molar-refractivity contribution < 1.29 is 4.74 Å². The molecule has 1 heterocycles. The van der Waals surface area contributed by atoms with E-state index in [0.29, 0.717) is 6.10 Å². The summed E-state index contributed by atoms with van der Waals surface area (Å²) in [6, 6.07) is 0.761. The Hall–Kier alpha value is -0.0800. The summed E-state index contributed by atoms with van der Waals surface area (Å²) in [5, 5.41) is 3.75. The van der Waals surface area contributed by atoms with Crippen LogP contribution in [0.15, 0.2) is 0 Å². The summed E-state index contributed by atoms with van der Waals surface area (Å²) in [6.45, 7) is 6.93. The summed E-state index contributed by atoms with van der Waals surface area (Å²) in [5.41, 5.74) is 0. The van der Waals surface area contributed by atoms with Gasteiger partial charge in [-0.2, -0.15) is 0 Å². The molecule has 2 rings (SSSR count). The molecule has 2 nitrogen and oxygen atoms in total. The van der Waals surface area contributed by atoms with E-state index in [1.807, 2.05) is 0 Å². The molecule has 0 aromatic carbocycles. The molecule has 1 aliphatic carbocycles. The highest BCUT2D eigenvalue weighted by Crippen LogP contribution is 2.28. The monoisotopic (exact) mass is 239 g/mol. The third-order valence-corrected chi connectivity index (χ3v) is 4.35. The second-order valence-corrected chi connectivity index (χ2v) is 6.35. The minimum Gasteiger partial charge on any atom is -0.378 e. The predicted molar refractivity (Wildman–Crippen MR) is 72.2 cm³/mol. The van der Waals surface area contributed by atoms with Gasteiger partial charge in [-0.1, -0.05) is 13.8 Å². The van der Waals surface area contributed by atoms with Gasteiger partial charge in [0.25, 0.3) is 0 Å². The van der Waals surface area contributed by atoms with Crippen LogP contribution >= 0.6 is 0 Å². The van der Waals surface area contributed by atoms with E-state index >= 15 is 0 Å². The fraction of sp³-hybridized carbons (Fsp3) is 1.00. The van der Waals surface area contributed by atoms with Crippen molar-refractivity contribution in [2.45, 2.75) is 70.9 Å². The second kappa shape index (κ2) is 6.75. The molecule has 3 unspecified atom stereocenters. The molecule has 100 valence electrons. The summed E-state index contributed by atoms with van der Waals surface area (Å²) < 4.78 is 5.77. The molecule has 3 atom stereocenters. The smallest absolute Gasteiger partial charge is 0.0587 e. The quantitative estimate of drug-likeness (QED) is 0.812. The van der Waals surface area contributed by atoms with Gasteiger partial charge in [0, 0.05) is 12.6 Å². The molecule has 1 saturated carbocycles. The Balaban J connectivity index is 1.60. The number of nitrogens with one attached hydrogen (secondary N) is 1. The third-order valence-electron chi connectivity index (χ3n) is 4.35. The highest BCUT2D eigenvalue weighted by atomic mass is 16.5. The Kier molecular flexibility index (Phi) is 5.30. The van der Waals surface area contributed by atoms with E-state index < -0.39 is 0 Å². The van der Waals surface area contributed by atoms with E-state index in [2.05, 4.69) is 19.2 Å². The Morgan fingerprint density at radius 1 is 1.06 bits per heavy atom. The van der Waals surface area contributed by atoms with E-state index in [0.717, 1.165) is 31.0 Å². The maximum absolute atomic E-state index is 5.77. The fourth-order valence-electron chi connectivity index (χ4n) is 3.60. The molecule has 1 N–H and O–H groups in total. The highest BCUT2D eigenvalue weighted by molar-refractivity contribution is 4.80. The highest BCUT2D eigenvalue weighted by Gasteiger charge is 2.23. The zero-order chi connectivity index (χ0) is 12.1. The normalized spacial score (nSPS) is 39.2. The van der Waals surface area contributed by atoms with Crippen LogP contribution in [0.1, 0.15) is 58.8 Å². The SMILES string of the molecule is CC1CC(C)CC(NCCC2CCCCO2)C1. The third kappa shape index (κ3) is 4.59. The molecule has 0 aromatic heterocycles. The fourth-order valence-corrected chi connectivity index (χ4v) is 3.60. The summed E-state index contributed by atoms with van der Waals surface area (Å²) in [4.78, 5) is 0. The first-order chi connectivity index (χ1) is 8.24. The van der Waals surface area contributed by atoms with Gasteiger partial charge in [0.15, 0.2) is 0 Å². The van der Waals surface area contributed by atoms with Gasteiger partial charge < -0.3 is 10.1 Å². The van der Waals surface area contributed by atoms with Crippen molar-refractivity contribution >= 4 is 0 Å². The Labute approximate surface area is 107 Å². The molecule has 2 heteroatoms. The lowest BCUT2D eigenvalue weighted by atomic mass is 9.80. The lowest BCUT2D eigenvalue weighted by molar-refractivity contribution is 0.0108. The number of rotatable bonds is 4. The van der Waals surface area contributed by atoms with Gasteiger partial charge in [0.2, 0.25) is 0 Å². The van der Waals surface area contributed by atoms with Crippen LogP contribution in [0.3, 0.4) is 0 Å². The van der Waals surface area contributed by atoms with Crippen LogP contribution < -0.4 is 5.32 Å². The van der Waals surface area contributed by atoms with Crippen LogP contribution in [0.5, 0.6) is 0 Å². The molecule has 1 saturated heterocycles. The summed E-state index contributed by atoms with van der Waals surface area (Å²) in [7, 11) is 0. The van der Waals surface area contributed by atoms with Crippen molar-refractivity contribution in [3.8, 4) is 0 Å². The van der Waals surface area contributed by atoms with E-state index in [1.54, 1.807) is 0 Å². The van der Waals surface area contributed by atoms with Crippen molar-refractivity contribution in [1.82, 2.24) is 5.32 Å². The van der Waals surface area contributed by atoms with Gasteiger partial charge in [0.1, 0.15) is 0 Å². The number of ether oxygens (including phenoxy) is 1. The molecule has 0 amide bonds. The predicted octanol–water partition coefficient (Wildman–Crippen LogP) is 3.36. The number of hydrogen-bond donors (Lipinski definition) is 1. The minimum atomic E-state index is 0.537. The molecule has 2 aliphatic rings. The topological polar surface area (TPSA) is 21.3 Å². The van der Waals surface area contributed by atoms with Crippen LogP contribution in [0.25, 0.3) is 0 Å². The van der Waals surface area contributed by atoms with Gasteiger partial charge in [-0.15, -0.1) is 0 Å². The zero-order valence-corrected chi connectivity index (χ0v) is 11.6. The average molecular weight is 239 g/mol. The molecule has 0 bridgehead atoms. The van der Waals surface area contributed by atoms with Crippen molar-refractivity contribution in [3.05, 3.63) is 0 Å². The van der Waals surface area contributed by atoms with Gasteiger partial charge in [-0.3, -0.25) is 0 Å². The molecule has 1 aliphatic heterocycles. The van der Waals surface area contributed by atoms with E-state index in [4.69, 9.17) is 4.74 Å². The summed E-state index contributed by atoms with van der Waals surface area (Å²) in [5.74, 6) is 1.81. The lowest BCUT2D eigenvalue weighted by Gasteiger charge is -2.32. The van der Waals surface area contributed by atoms with Crippen LogP contribution in [-0.2, 0) is 4.74 Å². The molecular formula is C15H29NO. The van der Waals surface area contributed by atoms with E-state index in [-0.39, 0.29) is 0 Å². The number of hydrogen-bond acceptors (Lipinski definition) is 2. The molecule has 17 heavy (non-hydrogen) atoms. The average Bonchev–Trinajstić information content (AvgIpc) is 2.29. The minimum absolute atomic E-state index is 0.537. The first-order valence-electron chi connectivity index (χ1n) is 7.59. The first-order valence-corrected chi connectivity index (χ1v) is 7.59. The first kappa shape index (κ1) is 13.4. The van der Waals surface area contributed by atoms with Gasteiger partial charge in [-0.05, 0) is 63.3 Å². The van der Waals surface area contributed by atoms with Crippen LogP contribution in [-0.4, -0.2) is 25.3 Å². The molecule has 0 radical (unpaired) electrons. The van der Waals surface area contributed by atoms with E-state index in [1.165, 1.54) is 44.9 Å². The molecular weight excluding hydrogens is 210 g/mol. The maximum atomic E-state index is 5.77. The van der Waals surface area contributed by atoms with Crippen LogP contribution in [0.2, 0.25) is 0 Å². The zero-order valence-electron chi connectivity index (χ0n) is 11.6. The van der Waals surface area contributed by atoms with Crippen LogP contribution in [0, 0.1) is 11.8 Å². The summed E-state index contributed by atoms with van der Waals surface area (Å²) >= 11 is 0. The largest absolute Gasteiger partial charge is 0.378 e. The van der Waals surface area contributed by atoms with Gasteiger partial charge >= 0.3 is 0 Å². The van der Waals surface area contributed by atoms with Crippen molar-refractivity contribution in [2.24, 2.45) is 11.8 Å². The Morgan fingerprint density at radius 2 is 1.82 bits per heavy atom. The Bertz CT molecular complexity index is 203. The van der Waals surface area contributed by atoms with Gasteiger partial charge in [0.05, 0.1) is 6.10 Å². The van der Waals surface area contributed by atoms with Crippen molar-refractivity contribution in [2.75, 3.05) is 13.2 Å². The molecule has 2 fully saturated rings. The summed E-state index contributed by atoms with van der Waals surface area (Å²) in [6.07, 6.45) is 9.81. The Morgan fingerprint density at radius 3 is 2.47 bits per heavy atom. The second-order valence-electron chi connectivity index (χ2n) is 6.35. The standard InChI is InChI=1S/C15H29NO/c1-12-9-13(2)11-14(10-12)16-7-6-15-5-3-4-8-17-15/h12-16H,3-11H2,1-2H3. The van der Waals surface area contributed by atoms with Crippen molar-refractivity contribution in [3.63, 3.8) is 0 Å². The van der Waals surface area contributed by atoms with Gasteiger partial charge in [-0.25, -0.2) is 0 Å². The molecule has 0 spiro atoms. The van der Waals surface area contributed by atoms with E-state index in [9.17, 15) is 0 Å². The molecule has 0 aromatic rings. The maximum Gasteiger partial charge on any atom is 0.0587 e. The van der Waals surface area contributed by atoms with Crippen molar-refractivity contribution in [1.29, 1.82) is 0 Å².